The van der Waals surface area contributed by atoms with Crippen LogP contribution in [0.3, 0.4) is 0 Å². The van der Waals surface area contributed by atoms with Gasteiger partial charge in [0, 0.05) is 18.1 Å². The Morgan fingerprint density at radius 3 is 2.54 bits per heavy atom. The van der Waals surface area contributed by atoms with E-state index in [0.717, 1.165) is 6.42 Å². The van der Waals surface area contributed by atoms with Crippen LogP contribution in [-0.4, -0.2) is 27.4 Å². The molecule has 3 rings (SSSR count). The van der Waals surface area contributed by atoms with Gasteiger partial charge in [0.25, 0.3) is 0 Å². The van der Waals surface area contributed by atoms with Crippen molar-refractivity contribution >= 4 is 15.9 Å². The lowest BCUT2D eigenvalue weighted by molar-refractivity contribution is 0.101. The molecule has 0 bridgehead atoms. The molecule has 6 nitrogen and oxygen atoms in total. The van der Waals surface area contributed by atoms with Gasteiger partial charge in [-0.2, -0.15) is 8.42 Å². The minimum absolute atomic E-state index is 0.0417. The van der Waals surface area contributed by atoms with Gasteiger partial charge in [-0.05, 0) is 31.2 Å². The fraction of sp³-hybridized carbons (Fsp3) is 0.235. The third kappa shape index (κ3) is 3.51. The van der Waals surface area contributed by atoms with E-state index in [4.69, 9.17) is 13.7 Å². The van der Waals surface area contributed by atoms with Crippen LogP contribution in [0.15, 0.2) is 47.4 Å². The van der Waals surface area contributed by atoms with Crippen molar-refractivity contribution in [3.63, 3.8) is 0 Å². The second-order valence-electron chi connectivity index (χ2n) is 5.28. The summed E-state index contributed by atoms with van der Waals surface area (Å²) in [5.41, 5.74) is 0.376. The van der Waals surface area contributed by atoms with E-state index < -0.39 is 10.1 Å². The summed E-state index contributed by atoms with van der Waals surface area (Å²) >= 11 is 0. The lowest BCUT2D eigenvalue weighted by Crippen LogP contribution is -2.10. The van der Waals surface area contributed by atoms with Crippen molar-refractivity contribution in [2.24, 2.45) is 0 Å². The van der Waals surface area contributed by atoms with Crippen molar-refractivity contribution in [1.82, 2.24) is 0 Å². The molecular weight excluding hydrogens is 332 g/mol. The molecule has 0 atom stereocenters. The average Bonchev–Trinajstić information content (AvgIpc) is 2.79. The molecule has 0 saturated heterocycles. The second kappa shape index (κ2) is 6.52. The third-order valence-corrected chi connectivity index (χ3v) is 4.70. The van der Waals surface area contributed by atoms with E-state index in [2.05, 4.69) is 0 Å². The second-order valence-corrected chi connectivity index (χ2v) is 6.83. The molecule has 1 aliphatic heterocycles. The SMILES string of the molecule is CC(=O)c1cccc(OS(=O)(=O)c2ccc3c(c2)OCCCO3)c1. The smallest absolute Gasteiger partial charge is 0.339 e. The predicted molar refractivity (Wildman–Crippen MR) is 86.3 cm³/mol. The number of ketones is 1. The lowest BCUT2D eigenvalue weighted by atomic mass is 10.1. The van der Waals surface area contributed by atoms with E-state index >= 15 is 0 Å². The number of fused-ring (bicyclic) bond motifs is 1. The Morgan fingerprint density at radius 1 is 1.04 bits per heavy atom. The van der Waals surface area contributed by atoms with Gasteiger partial charge in [-0.3, -0.25) is 4.79 Å². The van der Waals surface area contributed by atoms with E-state index in [1.807, 2.05) is 0 Å². The standard InChI is InChI=1S/C17H16O6S/c1-12(18)13-4-2-5-14(10-13)23-24(19,20)15-6-7-16-17(11-15)22-9-3-8-21-16/h2,4-7,10-11H,3,8-9H2,1H3. The highest BCUT2D eigenvalue weighted by atomic mass is 32.2. The van der Waals surface area contributed by atoms with Gasteiger partial charge in [0.15, 0.2) is 17.3 Å². The fourth-order valence-corrected chi connectivity index (χ4v) is 3.18. The summed E-state index contributed by atoms with van der Waals surface area (Å²) in [6, 6.07) is 10.4. The van der Waals surface area contributed by atoms with Crippen LogP contribution in [0.1, 0.15) is 23.7 Å². The summed E-state index contributed by atoms with van der Waals surface area (Å²) in [5, 5.41) is 0. The molecule has 126 valence electrons. The number of rotatable bonds is 4. The number of carbonyl (C=O) groups is 1. The summed E-state index contributed by atoms with van der Waals surface area (Å²) < 4.78 is 41.0. The van der Waals surface area contributed by atoms with Crippen LogP contribution in [0, 0.1) is 0 Å². The molecule has 0 saturated carbocycles. The normalized spacial score (nSPS) is 13.9. The van der Waals surface area contributed by atoms with E-state index in [1.165, 1.54) is 31.2 Å². The van der Waals surface area contributed by atoms with Crippen molar-refractivity contribution in [1.29, 1.82) is 0 Å². The van der Waals surface area contributed by atoms with Crippen molar-refractivity contribution < 1.29 is 26.9 Å². The van der Waals surface area contributed by atoms with Gasteiger partial charge in [-0.15, -0.1) is 0 Å². The van der Waals surface area contributed by atoms with Crippen LogP contribution in [0.5, 0.6) is 17.2 Å². The number of Topliss-reactive ketones (excluding diaryl/α,β-unsaturated/α-hetero) is 1. The molecule has 1 heterocycles. The number of hydrogen-bond donors (Lipinski definition) is 0. The van der Waals surface area contributed by atoms with E-state index in [-0.39, 0.29) is 16.4 Å². The first-order valence-corrected chi connectivity index (χ1v) is 8.82. The van der Waals surface area contributed by atoms with Gasteiger partial charge in [0.05, 0.1) is 13.2 Å². The molecule has 0 fully saturated rings. The van der Waals surface area contributed by atoms with Crippen LogP contribution in [0.25, 0.3) is 0 Å². The highest BCUT2D eigenvalue weighted by molar-refractivity contribution is 7.87. The first-order chi connectivity index (χ1) is 11.5. The lowest BCUT2D eigenvalue weighted by Gasteiger charge is -2.11. The molecule has 7 heteroatoms. The molecule has 2 aromatic rings. The van der Waals surface area contributed by atoms with Gasteiger partial charge in [0.2, 0.25) is 0 Å². The molecule has 24 heavy (non-hydrogen) atoms. The minimum Gasteiger partial charge on any atom is -0.490 e. The van der Waals surface area contributed by atoms with E-state index in [0.29, 0.717) is 30.3 Å². The van der Waals surface area contributed by atoms with Crippen LogP contribution < -0.4 is 13.7 Å². The van der Waals surface area contributed by atoms with Gasteiger partial charge in [-0.1, -0.05) is 12.1 Å². The summed E-state index contributed by atoms with van der Waals surface area (Å²) in [6.07, 6.45) is 0.727. The molecule has 0 aliphatic carbocycles. The molecule has 0 N–H and O–H groups in total. The third-order valence-electron chi connectivity index (χ3n) is 3.45. The van der Waals surface area contributed by atoms with Crippen LogP contribution in [0.4, 0.5) is 0 Å². The highest BCUT2D eigenvalue weighted by Crippen LogP contribution is 2.32. The maximum Gasteiger partial charge on any atom is 0.339 e. The van der Waals surface area contributed by atoms with Gasteiger partial charge >= 0.3 is 10.1 Å². The molecule has 0 aromatic heterocycles. The van der Waals surface area contributed by atoms with Crippen molar-refractivity contribution in [3.05, 3.63) is 48.0 Å². The number of carbonyl (C=O) groups excluding carboxylic acids is 1. The van der Waals surface area contributed by atoms with Crippen LogP contribution >= 0.6 is 0 Å². The Morgan fingerprint density at radius 2 is 1.79 bits per heavy atom. The van der Waals surface area contributed by atoms with E-state index in [1.54, 1.807) is 18.2 Å². The predicted octanol–water partition coefficient (Wildman–Crippen LogP) is 2.82. The van der Waals surface area contributed by atoms with Crippen molar-refractivity contribution in [2.45, 2.75) is 18.2 Å². The molecule has 0 unspecified atom stereocenters. The Hall–Kier alpha value is -2.54. The molecule has 2 aromatic carbocycles. The van der Waals surface area contributed by atoms with E-state index in [9.17, 15) is 13.2 Å². The number of hydrogen-bond acceptors (Lipinski definition) is 6. The van der Waals surface area contributed by atoms with Gasteiger partial charge in [0.1, 0.15) is 10.6 Å². The largest absolute Gasteiger partial charge is 0.490 e. The van der Waals surface area contributed by atoms with Crippen LogP contribution in [-0.2, 0) is 10.1 Å². The number of benzene rings is 2. The molecule has 1 aliphatic rings. The Labute approximate surface area is 140 Å². The molecule has 0 radical (unpaired) electrons. The topological polar surface area (TPSA) is 78.9 Å². The Balaban J connectivity index is 1.89. The maximum atomic E-state index is 12.5. The summed E-state index contributed by atoms with van der Waals surface area (Å²) in [5.74, 6) is 0.780. The number of ether oxygens (including phenoxy) is 2. The molecular formula is C17H16O6S. The molecule has 0 amide bonds. The zero-order valence-electron chi connectivity index (χ0n) is 13.0. The first-order valence-electron chi connectivity index (χ1n) is 7.41. The zero-order chi connectivity index (χ0) is 17.2. The summed E-state index contributed by atoms with van der Waals surface area (Å²) in [6.45, 7) is 2.38. The summed E-state index contributed by atoms with van der Waals surface area (Å²) in [7, 11) is -4.05. The first kappa shape index (κ1) is 16.3. The Bertz CT molecular complexity index is 872. The minimum atomic E-state index is -4.05. The highest BCUT2D eigenvalue weighted by Gasteiger charge is 2.21. The maximum absolute atomic E-state index is 12.5. The molecule has 0 spiro atoms. The monoisotopic (exact) mass is 348 g/mol. The summed E-state index contributed by atoms with van der Waals surface area (Å²) in [4.78, 5) is 11.3. The van der Waals surface area contributed by atoms with Crippen LogP contribution in [0.2, 0.25) is 0 Å². The van der Waals surface area contributed by atoms with Crippen molar-refractivity contribution in [3.8, 4) is 17.2 Å². The van der Waals surface area contributed by atoms with Gasteiger partial charge < -0.3 is 13.7 Å². The van der Waals surface area contributed by atoms with Gasteiger partial charge in [-0.25, -0.2) is 0 Å². The quantitative estimate of drug-likeness (QED) is 0.624. The Kier molecular flexibility index (Phi) is 4.44. The fourth-order valence-electron chi connectivity index (χ4n) is 2.24. The van der Waals surface area contributed by atoms with Crippen molar-refractivity contribution in [2.75, 3.05) is 13.2 Å². The zero-order valence-corrected chi connectivity index (χ0v) is 13.8. The average molecular weight is 348 g/mol.